The molecule has 2 aromatic carbocycles. The van der Waals surface area contributed by atoms with Crippen LogP contribution in [0.3, 0.4) is 0 Å². The van der Waals surface area contributed by atoms with Crippen LogP contribution in [0.2, 0.25) is 0 Å². The normalized spacial score (nSPS) is 10.9. The Labute approximate surface area is 156 Å². The molecule has 1 amide bonds. The second-order valence-corrected chi connectivity index (χ2v) is 6.63. The molecule has 0 atom stereocenters. The van der Waals surface area contributed by atoms with Gasteiger partial charge in [-0.3, -0.25) is 14.3 Å². The largest absolute Gasteiger partial charge is 0.300 e. The number of benzene rings is 2. The summed E-state index contributed by atoms with van der Waals surface area (Å²) in [6.07, 6.45) is 1.20. The molecule has 134 valence electrons. The molecule has 4 rings (SSSR count). The van der Waals surface area contributed by atoms with Gasteiger partial charge in [-0.25, -0.2) is 9.37 Å². The van der Waals surface area contributed by atoms with E-state index in [-0.39, 0.29) is 23.7 Å². The maximum Gasteiger partial charge on any atom is 0.247 e. The first-order valence-corrected chi connectivity index (χ1v) is 8.94. The molecule has 1 N–H and O–H groups in total. The predicted octanol–water partition coefficient (Wildman–Crippen LogP) is 3.30. The second kappa shape index (κ2) is 7.08. The molecule has 2 heterocycles. The second-order valence-electron chi connectivity index (χ2n) is 5.78. The standard InChI is InChI=1S/C19H13FN4O2S/c20-13-7-5-12(6-8-13)15-11-27-19(22-15)23-18(26)10-24-16-4-2-1-3-14(16)17(25)9-21-24/h1-9,11H,10H2,(H,22,23,26). The molecule has 27 heavy (non-hydrogen) atoms. The van der Waals surface area contributed by atoms with Crippen molar-refractivity contribution in [2.24, 2.45) is 0 Å². The van der Waals surface area contributed by atoms with Gasteiger partial charge in [-0.2, -0.15) is 5.10 Å². The Kier molecular flexibility index (Phi) is 4.47. The van der Waals surface area contributed by atoms with E-state index in [0.29, 0.717) is 21.7 Å². The van der Waals surface area contributed by atoms with E-state index in [1.807, 2.05) is 0 Å². The van der Waals surface area contributed by atoms with Crippen LogP contribution in [-0.4, -0.2) is 20.7 Å². The Bertz CT molecular complexity index is 1180. The van der Waals surface area contributed by atoms with Gasteiger partial charge in [-0.05, 0) is 36.4 Å². The quantitative estimate of drug-likeness (QED) is 0.589. The molecule has 0 aliphatic heterocycles. The minimum absolute atomic E-state index is 0.0494. The van der Waals surface area contributed by atoms with Crippen molar-refractivity contribution >= 4 is 33.3 Å². The summed E-state index contributed by atoms with van der Waals surface area (Å²) in [6, 6.07) is 13.0. The number of rotatable bonds is 4. The smallest absolute Gasteiger partial charge is 0.247 e. The molecule has 4 aromatic rings. The first kappa shape index (κ1) is 17.0. The van der Waals surface area contributed by atoms with Crippen LogP contribution in [0, 0.1) is 5.82 Å². The lowest BCUT2D eigenvalue weighted by Gasteiger charge is -2.08. The van der Waals surface area contributed by atoms with Crippen LogP contribution in [0.1, 0.15) is 0 Å². The first-order chi connectivity index (χ1) is 13.1. The van der Waals surface area contributed by atoms with Crippen molar-refractivity contribution in [3.8, 4) is 11.3 Å². The number of para-hydroxylation sites is 1. The third-order valence-electron chi connectivity index (χ3n) is 3.95. The number of halogens is 1. The van der Waals surface area contributed by atoms with Gasteiger partial charge in [0.25, 0.3) is 0 Å². The Balaban J connectivity index is 1.52. The van der Waals surface area contributed by atoms with Gasteiger partial charge >= 0.3 is 0 Å². The summed E-state index contributed by atoms with van der Waals surface area (Å²) in [4.78, 5) is 28.6. The highest BCUT2D eigenvalue weighted by atomic mass is 32.1. The van der Waals surface area contributed by atoms with Gasteiger partial charge in [-0.15, -0.1) is 11.3 Å². The van der Waals surface area contributed by atoms with E-state index < -0.39 is 0 Å². The van der Waals surface area contributed by atoms with Crippen LogP contribution < -0.4 is 10.7 Å². The number of carbonyl (C=O) groups excluding carboxylic acids is 1. The van der Waals surface area contributed by atoms with Crippen LogP contribution in [0.25, 0.3) is 22.2 Å². The van der Waals surface area contributed by atoms with Gasteiger partial charge in [0.1, 0.15) is 12.4 Å². The minimum Gasteiger partial charge on any atom is -0.300 e. The summed E-state index contributed by atoms with van der Waals surface area (Å²) in [5.74, 6) is -0.625. The third-order valence-corrected chi connectivity index (χ3v) is 4.70. The predicted molar refractivity (Wildman–Crippen MR) is 102 cm³/mol. The molecule has 0 unspecified atom stereocenters. The van der Waals surface area contributed by atoms with Crippen molar-refractivity contribution < 1.29 is 9.18 Å². The highest BCUT2D eigenvalue weighted by Gasteiger charge is 2.11. The zero-order valence-electron chi connectivity index (χ0n) is 13.9. The van der Waals surface area contributed by atoms with Gasteiger partial charge in [0.2, 0.25) is 11.3 Å². The van der Waals surface area contributed by atoms with E-state index in [2.05, 4.69) is 15.4 Å². The number of amides is 1. The van der Waals surface area contributed by atoms with Crippen molar-refractivity contribution in [1.29, 1.82) is 0 Å². The minimum atomic E-state index is -0.316. The van der Waals surface area contributed by atoms with Gasteiger partial charge in [0.15, 0.2) is 5.13 Å². The molecule has 0 fully saturated rings. The Morgan fingerprint density at radius 2 is 1.93 bits per heavy atom. The molecule has 0 aliphatic rings. The summed E-state index contributed by atoms with van der Waals surface area (Å²) < 4.78 is 14.5. The fraction of sp³-hybridized carbons (Fsp3) is 0.0526. The molecule has 2 aromatic heterocycles. The highest BCUT2D eigenvalue weighted by Crippen LogP contribution is 2.25. The lowest BCUT2D eigenvalue weighted by molar-refractivity contribution is -0.116. The van der Waals surface area contributed by atoms with Crippen LogP contribution in [0.15, 0.2) is 64.9 Å². The average Bonchev–Trinajstić information content (AvgIpc) is 3.13. The molecule has 6 nitrogen and oxygen atoms in total. The lowest BCUT2D eigenvalue weighted by Crippen LogP contribution is -2.22. The van der Waals surface area contributed by atoms with E-state index in [9.17, 15) is 14.0 Å². The molecular formula is C19H13FN4O2S. The summed E-state index contributed by atoms with van der Waals surface area (Å²) in [7, 11) is 0. The number of carbonyl (C=O) groups is 1. The van der Waals surface area contributed by atoms with E-state index >= 15 is 0 Å². The van der Waals surface area contributed by atoms with Crippen molar-refractivity contribution in [2.45, 2.75) is 6.54 Å². The van der Waals surface area contributed by atoms with E-state index in [1.54, 1.807) is 41.8 Å². The maximum atomic E-state index is 13.0. The summed E-state index contributed by atoms with van der Waals surface area (Å²) in [6.45, 7) is -0.0494. The van der Waals surface area contributed by atoms with Crippen molar-refractivity contribution in [2.75, 3.05) is 5.32 Å². The molecule has 0 spiro atoms. The van der Waals surface area contributed by atoms with Crippen LogP contribution in [0.4, 0.5) is 9.52 Å². The number of aromatic nitrogens is 3. The van der Waals surface area contributed by atoms with E-state index in [4.69, 9.17) is 0 Å². The fourth-order valence-corrected chi connectivity index (χ4v) is 3.40. The molecule has 0 radical (unpaired) electrons. The van der Waals surface area contributed by atoms with Gasteiger partial charge in [0.05, 0.1) is 17.4 Å². The number of nitrogens with one attached hydrogen (secondary N) is 1. The van der Waals surface area contributed by atoms with Crippen LogP contribution >= 0.6 is 11.3 Å². The number of anilines is 1. The van der Waals surface area contributed by atoms with Crippen molar-refractivity contribution in [3.05, 3.63) is 76.1 Å². The van der Waals surface area contributed by atoms with E-state index in [1.165, 1.54) is 34.3 Å². The van der Waals surface area contributed by atoms with Crippen molar-refractivity contribution in [1.82, 2.24) is 14.8 Å². The third kappa shape index (κ3) is 3.61. The summed E-state index contributed by atoms with van der Waals surface area (Å²) in [5, 5.41) is 9.50. The Morgan fingerprint density at radius 3 is 2.74 bits per heavy atom. The maximum absolute atomic E-state index is 13.0. The summed E-state index contributed by atoms with van der Waals surface area (Å²) >= 11 is 1.28. The number of thiazole rings is 1. The molecule has 0 bridgehead atoms. The Hall–Kier alpha value is -3.39. The SMILES string of the molecule is O=C(Cn1ncc(=O)c2ccccc21)Nc1nc(-c2ccc(F)cc2)cs1. The van der Waals surface area contributed by atoms with Gasteiger partial charge < -0.3 is 5.32 Å². The average molecular weight is 380 g/mol. The number of hydrogen-bond donors (Lipinski definition) is 1. The Morgan fingerprint density at radius 1 is 1.15 bits per heavy atom. The van der Waals surface area contributed by atoms with E-state index in [0.717, 1.165) is 5.56 Å². The zero-order valence-corrected chi connectivity index (χ0v) is 14.7. The molecule has 0 saturated carbocycles. The topological polar surface area (TPSA) is 76.9 Å². The van der Waals surface area contributed by atoms with Gasteiger partial charge in [0, 0.05) is 16.3 Å². The molecule has 0 saturated heterocycles. The monoisotopic (exact) mass is 380 g/mol. The number of fused-ring (bicyclic) bond motifs is 1. The van der Waals surface area contributed by atoms with Crippen molar-refractivity contribution in [3.63, 3.8) is 0 Å². The van der Waals surface area contributed by atoms with Crippen LogP contribution in [-0.2, 0) is 11.3 Å². The molecule has 8 heteroatoms. The molecular weight excluding hydrogens is 367 g/mol. The summed E-state index contributed by atoms with van der Waals surface area (Å²) in [5.41, 5.74) is 1.82. The van der Waals surface area contributed by atoms with Gasteiger partial charge in [-0.1, -0.05) is 12.1 Å². The first-order valence-electron chi connectivity index (χ1n) is 8.06. The molecule has 0 aliphatic carbocycles. The number of nitrogens with zero attached hydrogens (tertiary/aromatic N) is 3. The lowest BCUT2D eigenvalue weighted by atomic mass is 10.2. The fourth-order valence-electron chi connectivity index (χ4n) is 2.67. The zero-order chi connectivity index (χ0) is 18.8. The number of hydrogen-bond acceptors (Lipinski definition) is 5. The van der Waals surface area contributed by atoms with Crippen LogP contribution in [0.5, 0.6) is 0 Å². The highest BCUT2D eigenvalue weighted by molar-refractivity contribution is 7.14.